The first-order valence-corrected chi connectivity index (χ1v) is 13.1. The van der Waals surface area contributed by atoms with E-state index in [2.05, 4.69) is 67.5 Å². The topological polar surface area (TPSA) is 47.4 Å². The number of ether oxygens (including phenoxy) is 1. The lowest BCUT2D eigenvalue weighted by Crippen LogP contribution is -2.36. The summed E-state index contributed by atoms with van der Waals surface area (Å²) >= 11 is 0. The van der Waals surface area contributed by atoms with Gasteiger partial charge in [-0.15, -0.1) is 0 Å². The van der Waals surface area contributed by atoms with Gasteiger partial charge in [0.2, 0.25) is 5.91 Å². The van der Waals surface area contributed by atoms with E-state index < -0.39 is 0 Å². The molecule has 37 heavy (non-hydrogen) atoms. The quantitative estimate of drug-likeness (QED) is 0.274. The van der Waals surface area contributed by atoms with Crippen molar-refractivity contribution in [3.05, 3.63) is 113 Å². The van der Waals surface area contributed by atoms with Crippen molar-refractivity contribution in [1.29, 1.82) is 0 Å². The number of rotatable bonds is 8. The fraction of sp³-hybridized carbons (Fsp3) is 0.312. The number of aryl methyl sites for hydroxylation is 1. The Morgan fingerprint density at radius 2 is 1.84 bits per heavy atom. The Morgan fingerprint density at radius 1 is 1.05 bits per heavy atom. The monoisotopic (exact) mass is 493 g/mol. The fourth-order valence-corrected chi connectivity index (χ4v) is 5.21. The maximum atomic E-state index is 14.2. The van der Waals surface area contributed by atoms with Crippen molar-refractivity contribution in [2.24, 2.45) is 0 Å². The fourth-order valence-electron chi connectivity index (χ4n) is 5.21. The van der Waals surface area contributed by atoms with Crippen molar-refractivity contribution < 1.29 is 9.53 Å². The number of aromatic nitrogens is 2. The molecule has 1 aliphatic carbocycles. The summed E-state index contributed by atoms with van der Waals surface area (Å²) in [5, 5.41) is 4.59. The molecular weight excluding hydrogens is 458 g/mol. The number of hydrogen-bond acceptors (Lipinski definition) is 3. The molecule has 1 unspecified atom stereocenters. The van der Waals surface area contributed by atoms with Crippen LogP contribution in [0.3, 0.4) is 0 Å². The van der Waals surface area contributed by atoms with Crippen molar-refractivity contribution in [2.45, 2.75) is 58.0 Å². The summed E-state index contributed by atoms with van der Waals surface area (Å²) in [6.45, 7) is 5.55. The molecule has 1 heterocycles. The average molecular weight is 494 g/mol. The van der Waals surface area contributed by atoms with Crippen LogP contribution >= 0.6 is 0 Å². The molecule has 1 amide bonds. The number of amides is 1. The predicted octanol–water partition coefficient (Wildman–Crippen LogP) is 6.72. The predicted molar refractivity (Wildman–Crippen MR) is 148 cm³/mol. The van der Waals surface area contributed by atoms with Gasteiger partial charge < -0.3 is 9.64 Å². The Bertz CT molecular complexity index is 1340. The number of fused-ring (bicyclic) bond motifs is 1. The number of methoxy groups -OCH3 is 1. The van der Waals surface area contributed by atoms with E-state index in [1.807, 2.05) is 46.2 Å². The summed E-state index contributed by atoms with van der Waals surface area (Å²) in [7, 11) is 1.68. The van der Waals surface area contributed by atoms with Crippen LogP contribution in [-0.4, -0.2) is 22.8 Å². The van der Waals surface area contributed by atoms with Gasteiger partial charge in [-0.2, -0.15) is 5.10 Å². The molecule has 1 atom stereocenters. The Balaban J connectivity index is 1.45. The first kappa shape index (κ1) is 24.8. The first-order chi connectivity index (χ1) is 18.0. The molecule has 5 rings (SSSR count). The van der Waals surface area contributed by atoms with E-state index in [1.54, 1.807) is 7.11 Å². The highest BCUT2D eigenvalue weighted by molar-refractivity contribution is 5.98. The second kappa shape index (κ2) is 11.0. The van der Waals surface area contributed by atoms with Gasteiger partial charge >= 0.3 is 0 Å². The third kappa shape index (κ3) is 5.61. The summed E-state index contributed by atoms with van der Waals surface area (Å²) in [4.78, 5) is 16.2. The molecule has 0 spiro atoms. The molecule has 190 valence electrons. The van der Waals surface area contributed by atoms with E-state index in [1.165, 1.54) is 16.7 Å². The number of carbonyl (C=O) groups is 1. The minimum atomic E-state index is -0.192. The summed E-state index contributed by atoms with van der Waals surface area (Å²) < 4.78 is 7.44. The molecule has 0 fully saturated rings. The molecule has 1 aromatic heterocycles. The van der Waals surface area contributed by atoms with Gasteiger partial charge in [0.1, 0.15) is 5.75 Å². The molecule has 1 aliphatic rings. The third-order valence-electron chi connectivity index (χ3n) is 7.32. The van der Waals surface area contributed by atoms with E-state index in [-0.39, 0.29) is 11.8 Å². The number of benzene rings is 3. The number of carbonyl (C=O) groups excluding carboxylic acids is 1. The lowest BCUT2D eigenvalue weighted by atomic mass is 9.81. The van der Waals surface area contributed by atoms with Crippen molar-refractivity contribution in [3.63, 3.8) is 0 Å². The van der Waals surface area contributed by atoms with Crippen LogP contribution < -0.4 is 9.64 Å². The molecule has 0 saturated carbocycles. The van der Waals surface area contributed by atoms with Crippen LogP contribution in [0.25, 0.3) is 0 Å². The second-order valence-electron chi connectivity index (χ2n) is 10.2. The second-order valence-corrected chi connectivity index (χ2v) is 10.2. The Kier molecular flexibility index (Phi) is 7.40. The number of nitrogens with zero attached hydrogens (tertiary/aromatic N) is 3. The zero-order valence-electron chi connectivity index (χ0n) is 21.9. The molecule has 5 nitrogen and oxygen atoms in total. The standard InChI is InChI=1S/C32H35N3O2/c1-23(2)26-12-15-28(16-13-26)35(22-25-19-33-34(21-25)20-24-8-5-4-6-9-24)32(36)30-11-7-10-27-14-17-29(37-3)18-31(27)30/h4-6,8-9,12-19,21,23,30H,7,10-11,20,22H2,1-3H3. The smallest absolute Gasteiger partial charge is 0.234 e. The molecule has 0 saturated heterocycles. The highest BCUT2D eigenvalue weighted by atomic mass is 16.5. The zero-order chi connectivity index (χ0) is 25.8. The largest absolute Gasteiger partial charge is 0.497 e. The van der Waals surface area contributed by atoms with Gasteiger partial charge in [-0.25, -0.2) is 0 Å². The molecular formula is C32H35N3O2. The number of anilines is 1. The molecule has 0 bridgehead atoms. The van der Waals surface area contributed by atoms with E-state index in [4.69, 9.17) is 4.74 Å². The highest BCUT2D eigenvalue weighted by Gasteiger charge is 2.31. The maximum absolute atomic E-state index is 14.2. The molecule has 4 aromatic rings. The third-order valence-corrected chi connectivity index (χ3v) is 7.32. The maximum Gasteiger partial charge on any atom is 0.234 e. The summed E-state index contributed by atoms with van der Waals surface area (Å²) in [6, 6.07) is 24.9. The van der Waals surface area contributed by atoms with Gasteiger partial charge in [0.05, 0.1) is 32.3 Å². The van der Waals surface area contributed by atoms with E-state index >= 15 is 0 Å². The lowest BCUT2D eigenvalue weighted by Gasteiger charge is -2.31. The molecule has 0 N–H and O–H groups in total. The van der Waals surface area contributed by atoms with E-state index in [0.29, 0.717) is 19.0 Å². The highest BCUT2D eigenvalue weighted by Crippen LogP contribution is 2.37. The van der Waals surface area contributed by atoms with Crippen LogP contribution in [0.2, 0.25) is 0 Å². The van der Waals surface area contributed by atoms with Crippen LogP contribution in [-0.2, 0) is 24.3 Å². The van der Waals surface area contributed by atoms with Gasteiger partial charge in [0, 0.05) is 17.4 Å². The Labute approximate surface area is 219 Å². The van der Waals surface area contributed by atoms with Gasteiger partial charge in [-0.1, -0.05) is 62.4 Å². The van der Waals surface area contributed by atoms with Crippen LogP contribution in [0.4, 0.5) is 5.69 Å². The minimum Gasteiger partial charge on any atom is -0.497 e. The summed E-state index contributed by atoms with van der Waals surface area (Å²) in [5.41, 5.74) is 6.73. The van der Waals surface area contributed by atoms with Crippen molar-refractivity contribution in [3.8, 4) is 5.75 Å². The Hall–Kier alpha value is -3.86. The molecule has 3 aromatic carbocycles. The minimum absolute atomic E-state index is 0.127. The van der Waals surface area contributed by atoms with Crippen molar-refractivity contribution in [2.75, 3.05) is 12.0 Å². The van der Waals surface area contributed by atoms with Crippen LogP contribution in [0.5, 0.6) is 5.75 Å². The van der Waals surface area contributed by atoms with Gasteiger partial charge in [0.15, 0.2) is 0 Å². The Morgan fingerprint density at radius 3 is 2.57 bits per heavy atom. The van der Waals surface area contributed by atoms with Gasteiger partial charge in [0.25, 0.3) is 0 Å². The van der Waals surface area contributed by atoms with Gasteiger partial charge in [-0.05, 0) is 71.7 Å². The lowest BCUT2D eigenvalue weighted by molar-refractivity contribution is -0.120. The molecule has 5 heteroatoms. The van der Waals surface area contributed by atoms with Crippen molar-refractivity contribution >= 4 is 11.6 Å². The van der Waals surface area contributed by atoms with E-state index in [9.17, 15) is 4.79 Å². The first-order valence-electron chi connectivity index (χ1n) is 13.1. The zero-order valence-corrected chi connectivity index (χ0v) is 21.9. The summed E-state index contributed by atoms with van der Waals surface area (Å²) in [5.74, 6) is 1.17. The summed E-state index contributed by atoms with van der Waals surface area (Å²) in [6.07, 6.45) is 6.77. The van der Waals surface area contributed by atoms with E-state index in [0.717, 1.165) is 41.8 Å². The van der Waals surface area contributed by atoms with Crippen LogP contribution in [0, 0.1) is 0 Å². The average Bonchev–Trinajstić information content (AvgIpc) is 3.38. The van der Waals surface area contributed by atoms with Crippen molar-refractivity contribution in [1.82, 2.24) is 9.78 Å². The number of hydrogen-bond donors (Lipinski definition) is 0. The molecule has 0 aliphatic heterocycles. The normalized spacial score (nSPS) is 14.9. The SMILES string of the molecule is COc1ccc2c(c1)C(C(=O)N(Cc1cnn(Cc3ccccc3)c1)c1ccc(C(C)C)cc1)CCC2. The molecule has 0 radical (unpaired) electrons. The van der Waals surface area contributed by atoms with Crippen LogP contribution in [0.15, 0.2) is 85.2 Å². The van der Waals surface area contributed by atoms with Crippen LogP contribution in [0.1, 0.15) is 66.3 Å². The van der Waals surface area contributed by atoms with Gasteiger partial charge in [-0.3, -0.25) is 9.48 Å².